The Labute approximate surface area is 112 Å². The normalized spacial score (nSPS) is 19.0. The molecule has 1 aromatic carbocycles. The summed E-state index contributed by atoms with van der Waals surface area (Å²) in [7, 11) is 1.72. The Balaban J connectivity index is 1.87. The van der Waals surface area contributed by atoms with Crippen LogP contribution in [0.4, 0.5) is 0 Å². The maximum atomic E-state index is 5.35. The number of hydrogen-bond acceptors (Lipinski definition) is 2. The Hall–Kier alpha value is -1.90. The number of aromatic amines is 1. The molecule has 1 saturated heterocycles. The van der Waals surface area contributed by atoms with E-state index >= 15 is 0 Å². The van der Waals surface area contributed by atoms with Crippen molar-refractivity contribution < 1.29 is 4.74 Å². The minimum Gasteiger partial charge on any atom is -0.497 e. The molecule has 0 atom stereocenters. The van der Waals surface area contributed by atoms with Gasteiger partial charge in [0.25, 0.3) is 0 Å². The van der Waals surface area contributed by atoms with Gasteiger partial charge in [0.15, 0.2) is 0 Å². The SMILES string of the molecule is COc1ccc2[nH]cc(C3=CN4CCC3CC4)c2c1. The molecule has 0 saturated carbocycles. The van der Waals surface area contributed by atoms with E-state index in [9.17, 15) is 0 Å². The summed E-state index contributed by atoms with van der Waals surface area (Å²) in [6.45, 7) is 2.44. The van der Waals surface area contributed by atoms with Crippen LogP contribution in [0.1, 0.15) is 18.4 Å². The van der Waals surface area contributed by atoms with E-state index in [1.165, 1.54) is 48.0 Å². The van der Waals surface area contributed by atoms with E-state index in [1.54, 1.807) is 7.11 Å². The summed E-state index contributed by atoms with van der Waals surface area (Å²) < 4.78 is 5.35. The van der Waals surface area contributed by atoms with E-state index in [-0.39, 0.29) is 0 Å². The minimum atomic E-state index is 0.732. The molecule has 1 N–H and O–H groups in total. The lowest BCUT2D eigenvalue weighted by Gasteiger charge is -2.39. The van der Waals surface area contributed by atoms with Crippen LogP contribution in [0.25, 0.3) is 16.5 Å². The van der Waals surface area contributed by atoms with E-state index in [0.717, 1.165) is 11.7 Å². The Bertz CT molecular complexity index is 648. The van der Waals surface area contributed by atoms with Crippen molar-refractivity contribution in [3.8, 4) is 5.75 Å². The van der Waals surface area contributed by atoms with Crippen molar-refractivity contribution in [3.05, 3.63) is 36.2 Å². The zero-order valence-corrected chi connectivity index (χ0v) is 11.1. The molecule has 3 heteroatoms. The van der Waals surface area contributed by atoms with E-state index in [1.807, 2.05) is 6.07 Å². The smallest absolute Gasteiger partial charge is 0.119 e. The molecule has 3 aliphatic heterocycles. The van der Waals surface area contributed by atoms with Crippen molar-refractivity contribution >= 4 is 16.5 Å². The summed E-state index contributed by atoms with van der Waals surface area (Å²) in [4.78, 5) is 5.83. The van der Waals surface area contributed by atoms with Gasteiger partial charge in [-0.3, -0.25) is 0 Å². The van der Waals surface area contributed by atoms with Gasteiger partial charge in [-0.05, 0) is 42.5 Å². The van der Waals surface area contributed by atoms with Gasteiger partial charge in [0.1, 0.15) is 5.75 Å². The van der Waals surface area contributed by atoms with E-state index in [2.05, 4.69) is 34.4 Å². The van der Waals surface area contributed by atoms with Crippen molar-refractivity contribution in [1.82, 2.24) is 9.88 Å². The van der Waals surface area contributed by atoms with Gasteiger partial charge in [-0.15, -0.1) is 0 Å². The van der Waals surface area contributed by atoms with Crippen LogP contribution in [-0.4, -0.2) is 30.1 Å². The average Bonchev–Trinajstić information content (AvgIpc) is 2.91. The third-order valence-electron chi connectivity index (χ3n) is 4.49. The lowest BCUT2D eigenvalue weighted by atomic mass is 9.82. The standard InChI is InChI=1S/C16H18N2O/c1-19-12-2-3-16-13(8-12)14(9-17-16)15-10-18-6-4-11(15)5-7-18/h2-3,8-11,17H,4-7H2,1H3. The second-order valence-electron chi connectivity index (χ2n) is 5.51. The van der Waals surface area contributed by atoms with Gasteiger partial charge < -0.3 is 14.6 Å². The van der Waals surface area contributed by atoms with Crippen LogP contribution in [0, 0.1) is 5.92 Å². The molecule has 0 unspecified atom stereocenters. The number of hydrogen-bond donors (Lipinski definition) is 1. The minimum absolute atomic E-state index is 0.732. The van der Waals surface area contributed by atoms with Crippen molar-refractivity contribution in [2.75, 3.05) is 20.2 Å². The van der Waals surface area contributed by atoms with Crippen LogP contribution in [0.5, 0.6) is 5.75 Å². The highest BCUT2D eigenvalue weighted by Gasteiger charge is 2.28. The highest BCUT2D eigenvalue weighted by atomic mass is 16.5. The molecule has 5 rings (SSSR count). The number of piperidine rings is 1. The van der Waals surface area contributed by atoms with Gasteiger partial charge in [-0.25, -0.2) is 0 Å². The van der Waals surface area contributed by atoms with Crippen molar-refractivity contribution in [1.29, 1.82) is 0 Å². The number of ether oxygens (including phenoxy) is 1. The summed E-state index contributed by atoms with van der Waals surface area (Å²) in [6, 6.07) is 6.24. The first-order valence-electron chi connectivity index (χ1n) is 6.96. The van der Waals surface area contributed by atoms with Gasteiger partial charge in [-0.1, -0.05) is 0 Å². The van der Waals surface area contributed by atoms with E-state index in [0.29, 0.717) is 0 Å². The summed E-state index contributed by atoms with van der Waals surface area (Å²) in [5, 5.41) is 1.28. The highest BCUT2D eigenvalue weighted by molar-refractivity contribution is 5.94. The largest absolute Gasteiger partial charge is 0.497 e. The van der Waals surface area contributed by atoms with E-state index < -0.39 is 0 Å². The van der Waals surface area contributed by atoms with Gasteiger partial charge in [-0.2, -0.15) is 0 Å². The lowest BCUT2D eigenvalue weighted by Crippen LogP contribution is -2.35. The molecule has 0 radical (unpaired) electrons. The Morgan fingerprint density at radius 2 is 2.11 bits per heavy atom. The van der Waals surface area contributed by atoms with E-state index in [4.69, 9.17) is 4.74 Å². The molecule has 1 aromatic heterocycles. The number of aromatic nitrogens is 1. The Morgan fingerprint density at radius 3 is 2.79 bits per heavy atom. The van der Waals surface area contributed by atoms with Crippen LogP contribution in [0.2, 0.25) is 0 Å². The van der Waals surface area contributed by atoms with Crippen molar-refractivity contribution in [2.45, 2.75) is 12.8 Å². The first-order chi connectivity index (χ1) is 9.35. The number of nitrogens with zero attached hydrogens (tertiary/aromatic N) is 1. The zero-order chi connectivity index (χ0) is 12.8. The maximum Gasteiger partial charge on any atom is 0.119 e. The molecule has 4 heterocycles. The molecule has 2 bridgehead atoms. The topological polar surface area (TPSA) is 28.3 Å². The quantitative estimate of drug-likeness (QED) is 0.891. The molecule has 0 amide bonds. The fourth-order valence-electron chi connectivity index (χ4n) is 3.40. The predicted octanol–water partition coefficient (Wildman–Crippen LogP) is 3.24. The molecule has 3 aliphatic rings. The van der Waals surface area contributed by atoms with Crippen LogP contribution < -0.4 is 4.74 Å². The van der Waals surface area contributed by atoms with Crippen molar-refractivity contribution in [2.24, 2.45) is 5.92 Å². The van der Waals surface area contributed by atoms with Crippen molar-refractivity contribution in [3.63, 3.8) is 0 Å². The third kappa shape index (κ3) is 1.65. The average molecular weight is 254 g/mol. The first kappa shape index (κ1) is 11.0. The third-order valence-corrected chi connectivity index (χ3v) is 4.49. The number of fused-ring (bicyclic) bond motifs is 3. The summed E-state index contributed by atoms with van der Waals surface area (Å²) in [5.74, 6) is 1.66. The lowest BCUT2D eigenvalue weighted by molar-refractivity contribution is 0.252. The molecule has 19 heavy (non-hydrogen) atoms. The molecule has 98 valence electrons. The number of allylic oxidation sites excluding steroid dienone is 1. The molecule has 3 nitrogen and oxygen atoms in total. The van der Waals surface area contributed by atoms with Crippen LogP contribution in [-0.2, 0) is 0 Å². The van der Waals surface area contributed by atoms with Crippen LogP contribution in [0.15, 0.2) is 30.6 Å². The number of nitrogens with one attached hydrogen (secondary N) is 1. The monoisotopic (exact) mass is 254 g/mol. The molecule has 2 aromatic rings. The first-order valence-corrected chi connectivity index (χ1v) is 6.96. The van der Waals surface area contributed by atoms with Crippen LogP contribution in [0.3, 0.4) is 0 Å². The number of benzene rings is 1. The Kier molecular flexibility index (Phi) is 2.34. The summed E-state index contributed by atoms with van der Waals surface area (Å²) >= 11 is 0. The van der Waals surface area contributed by atoms with Gasteiger partial charge in [0.05, 0.1) is 7.11 Å². The van der Waals surface area contributed by atoms with Crippen LogP contribution >= 0.6 is 0 Å². The molecule has 1 fully saturated rings. The zero-order valence-electron chi connectivity index (χ0n) is 11.1. The second kappa shape index (κ2) is 4.05. The second-order valence-corrected chi connectivity index (χ2v) is 5.51. The van der Waals surface area contributed by atoms with Gasteiger partial charge in [0, 0.05) is 42.0 Å². The number of H-pyrrole nitrogens is 1. The molecular formula is C16H18N2O. The summed E-state index contributed by atoms with van der Waals surface area (Å²) in [5.41, 5.74) is 4.04. The highest BCUT2D eigenvalue weighted by Crippen LogP contribution is 2.40. The fraction of sp³-hybridized carbons (Fsp3) is 0.375. The number of rotatable bonds is 2. The number of methoxy groups -OCH3 is 1. The predicted molar refractivity (Wildman–Crippen MR) is 77.1 cm³/mol. The van der Waals surface area contributed by atoms with Gasteiger partial charge in [0.2, 0.25) is 0 Å². The molecule has 0 aliphatic carbocycles. The summed E-state index contributed by atoms with van der Waals surface area (Å²) in [6.07, 6.45) is 7.10. The molecular weight excluding hydrogens is 236 g/mol. The Morgan fingerprint density at radius 1 is 1.26 bits per heavy atom. The maximum absolute atomic E-state index is 5.35. The fourth-order valence-corrected chi connectivity index (χ4v) is 3.40. The molecule has 0 spiro atoms. The van der Waals surface area contributed by atoms with Gasteiger partial charge >= 0.3 is 0 Å².